The summed E-state index contributed by atoms with van der Waals surface area (Å²) in [6, 6.07) is 11.6. The molecule has 0 spiro atoms. The summed E-state index contributed by atoms with van der Waals surface area (Å²) in [7, 11) is -0.412. The first-order chi connectivity index (χ1) is 29.3. The molecule has 0 aromatic heterocycles. The number of nitrogens with zero attached hydrogens (tertiary/aromatic N) is 4. The SMILES string of the molecule is C=C1C[C@H]2[C@H](C)N(B(C)O)c3cc(OCc4cc(C=O)cc(COc5cc6c(cc5C)C(=O)N5CC(=C)C[C@H]5[C@H](OC5CCCCO5)N6B(C)O)c4)c(OC)cc3C(=O)N2C1. The number of amides is 2. The summed E-state index contributed by atoms with van der Waals surface area (Å²) in [5.41, 5.74) is 6.28. The van der Waals surface area contributed by atoms with E-state index < -0.39 is 26.6 Å². The Morgan fingerprint density at radius 2 is 1.39 bits per heavy atom. The van der Waals surface area contributed by atoms with Crippen LogP contribution in [-0.4, -0.2) is 109 Å². The first-order valence-electron chi connectivity index (χ1n) is 21.1. The van der Waals surface area contributed by atoms with Gasteiger partial charge in [-0.25, -0.2) is 0 Å². The summed E-state index contributed by atoms with van der Waals surface area (Å²) in [5.74, 6) is 0.884. The van der Waals surface area contributed by atoms with Crippen LogP contribution in [0.15, 0.2) is 66.8 Å². The van der Waals surface area contributed by atoms with Gasteiger partial charge in [-0.2, -0.15) is 0 Å². The molecule has 5 aliphatic rings. The Bertz CT molecular complexity index is 2250. The molecule has 2 amide bonds. The van der Waals surface area contributed by atoms with Crippen LogP contribution in [-0.2, 0) is 22.7 Å². The largest absolute Gasteiger partial charge is 0.493 e. The van der Waals surface area contributed by atoms with Crippen LogP contribution < -0.4 is 23.8 Å². The zero-order valence-corrected chi connectivity index (χ0v) is 35.6. The Morgan fingerprint density at radius 3 is 2.00 bits per heavy atom. The monoisotopic (exact) mass is 832 g/mol. The van der Waals surface area contributed by atoms with Gasteiger partial charge in [0.15, 0.2) is 17.8 Å². The fraction of sp³-hybridized carbons (Fsp3) is 0.444. The van der Waals surface area contributed by atoms with Crippen molar-refractivity contribution in [2.45, 2.75) is 103 Å². The average Bonchev–Trinajstić information content (AvgIpc) is 3.80. The van der Waals surface area contributed by atoms with Gasteiger partial charge in [0.2, 0.25) is 0 Å². The fourth-order valence-corrected chi connectivity index (χ4v) is 9.68. The highest BCUT2D eigenvalue weighted by Crippen LogP contribution is 2.44. The molecular formula is C45H54B2N4O10. The number of ether oxygens (including phenoxy) is 5. The van der Waals surface area contributed by atoms with Crippen LogP contribution in [0.1, 0.15) is 86.8 Å². The second-order valence-corrected chi connectivity index (χ2v) is 17.0. The van der Waals surface area contributed by atoms with Crippen molar-refractivity contribution in [2.24, 2.45) is 0 Å². The summed E-state index contributed by atoms with van der Waals surface area (Å²) in [5, 5.41) is 22.3. The number of hydrogen-bond acceptors (Lipinski definition) is 12. The molecule has 5 aliphatic heterocycles. The van der Waals surface area contributed by atoms with Gasteiger partial charge in [0.25, 0.3) is 11.8 Å². The molecule has 0 radical (unpaired) electrons. The van der Waals surface area contributed by atoms with E-state index in [1.165, 1.54) is 7.11 Å². The van der Waals surface area contributed by atoms with Crippen molar-refractivity contribution in [3.63, 3.8) is 0 Å². The van der Waals surface area contributed by atoms with Gasteiger partial charge in [-0.3, -0.25) is 14.4 Å². The summed E-state index contributed by atoms with van der Waals surface area (Å²) >= 11 is 0. The highest BCUT2D eigenvalue weighted by Gasteiger charge is 2.48. The predicted molar refractivity (Wildman–Crippen MR) is 232 cm³/mol. The van der Waals surface area contributed by atoms with E-state index in [-0.39, 0.29) is 43.2 Å². The third-order valence-corrected chi connectivity index (χ3v) is 12.5. The zero-order valence-electron chi connectivity index (χ0n) is 35.6. The summed E-state index contributed by atoms with van der Waals surface area (Å²) in [4.78, 5) is 47.5. The highest BCUT2D eigenvalue weighted by atomic mass is 16.7. The first kappa shape index (κ1) is 42.4. The van der Waals surface area contributed by atoms with Gasteiger partial charge in [0.1, 0.15) is 31.5 Å². The van der Waals surface area contributed by atoms with E-state index in [1.54, 1.807) is 59.8 Å². The van der Waals surface area contributed by atoms with Gasteiger partial charge in [-0.1, -0.05) is 24.3 Å². The zero-order chi connectivity index (χ0) is 43.3. The molecule has 320 valence electrons. The number of anilines is 2. The van der Waals surface area contributed by atoms with Gasteiger partial charge in [0.05, 0.1) is 30.3 Å². The van der Waals surface area contributed by atoms with Crippen molar-refractivity contribution in [1.29, 1.82) is 0 Å². The first-order valence-corrected chi connectivity index (χ1v) is 21.1. The number of fused-ring (bicyclic) bond motifs is 4. The number of aldehydes is 1. The molecule has 3 aromatic carbocycles. The lowest BCUT2D eigenvalue weighted by atomic mass is 9.80. The Balaban J connectivity index is 1.05. The molecule has 8 rings (SSSR count). The second-order valence-electron chi connectivity index (χ2n) is 17.0. The lowest BCUT2D eigenvalue weighted by Gasteiger charge is -2.40. The third kappa shape index (κ3) is 8.14. The average molecular weight is 833 g/mol. The molecule has 0 aliphatic carbocycles. The second kappa shape index (κ2) is 17.2. The van der Waals surface area contributed by atoms with E-state index in [4.69, 9.17) is 23.7 Å². The maximum atomic E-state index is 14.2. The standard InChI is InChI=1S/C45H54B2N4O10/c1-26-12-35-29(4)50(46(5)55)36-20-41(40(57-7)18-34(36)44(54)48(35)21-26)60-25-32-16-30(23-52)15-31(17-32)24-59-39-19-37-33(14-28(39)3)43(53)49-22-27(2)13-38(49)45(51(37)47(6)56)61-42-10-8-9-11-58-42/h14-20,23,29,35,38,42,45,55-56H,1-2,8-13,21-22,24-25H2,3-7H3/t29-,35-,38-,42?,45-/m0/s1. The third-order valence-electron chi connectivity index (χ3n) is 12.5. The van der Waals surface area contributed by atoms with Crippen molar-refractivity contribution >= 4 is 43.6 Å². The van der Waals surface area contributed by atoms with Crippen LogP contribution >= 0.6 is 0 Å². The van der Waals surface area contributed by atoms with E-state index in [1.807, 2.05) is 29.6 Å². The quantitative estimate of drug-likeness (QED) is 0.132. The molecular weight excluding hydrogens is 778 g/mol. The van der Waals surface area contributed by atoms with E-state index >= 15 is 0 Å². The molecule has 3 saturated heterocycles. The minimum Gasteiger partial charge on any atom is -0.493 e. The Hall–Kier alpha value is -5.28. The van der Waals surface area contributed by atoms with Crippen LogP contribution in [0.4, 0.5) is 11.4 Å². The Kier molecular flexibility index (Phi) is 12.0. The van der Waals surface area contributed by atoms with Gasteiger partial charge >= 0.3 is 14.1 Å². The molecule has 0 bridgehead atoms. The van der Waals surface area contributed by atoms with Crippen LogP contribution in [0.2, 0.25) is 13.6 Å². The van der Waals surface area contributed by atoms with Gasteiger partial charge in [-0.15, -0.1) is 0 Å². The molecule has 16 heteroatoms. The molecule has 0 saturated carbocycles. The topological polar surface area (TPSA) is 151 Å². The van der Waals surface area contributed by atoms with Crippen molar-refractivity contribution in [3.05, 3.63) is 100 Å². The number of methoxy groups -OCH3 is 1. The molecule has 61 heavy (non-hydrogen) atoms. The van der Waals surface area contributed by atoms with Crippen LogP contribution in [0, 0.1) is 6.92 Å². The van der Waals surface area contributed by atoms with E-state index in [0.717, 1.165) is 35.8 Å². The molecule has 5 atom stereocenters. The number of rotatable bonds is 12. The van der Waals surface area contributed by atoms with Crippen molar-refractivity contribution in [1.82, 2.24) is 9.80 Å². The van der Waals surface area contributed by atoms with E-state index in [0.29, 0.717) is 95.4 Å². The maximum absolute atomic E-state index is 14.2. The molecule has 5 heterocycles. The van der Waals surface area contributed by atoms with Crippen LogP contribution in [0.25, 0.3) is 0 Å². The smallest absolute Gasteiger partial charge is 0.411 e. The molecule has 2 N–H and O–H groups in total. The van der Waals surface area contributed by atoms with Gasteiger partial charge < -0.3 is 53.2 Å². The normalized spacial score (nSPS) is 23.5. The van der Waals surface area contributed by atoms with Gasteiger partial charge in [0, 0.05) is 54.8 Å². The fourth-order valence-electron chi connectivity index (χ4n) is 9.68. The van der Waals surface area contributed by atoms with Crippen LogP contribution in [0.5, 0.6) is 17.2 Å². The highest BCUT2D eigenvalue weighted by molar-refractivity contribution is 6.54. The Morgan fingerprint density at radius 1 is 0.803 bits per heavy atom. The molecule has 3 aromatic rings. The lowest BCUT2D eigenvalue weighted by Crippen LogP contribution is -2.56. The lowest BCUT2D eigenvalue weighted by molar-refractivity contribution is -0.194. The minimum atomic E-state index is -1.02. The van der Waals surface area contributed by atoms with Crippen LogP contribution in [0.3, 0.4) is 0 Å². The molecule has 3 fully saturated rings. The maximum Gasteiger partial charge on any atom is 0.411 e. The summed E-state index contributed by atoms with van der Waals surface area (Å²) < 4.78 is 31.1. The van der Waals surface area contributed by atoms with Gasteiger partial charge in [-0.05, 0) is 107 Å². The number of benzene rings is 3. The molecule has 14 nitrogen and oxygen atoms in total. The van der Waals surface area contributed by atoms with E-state index in [9.17, 15) is 24.4 Å². The minimum absolute atomic E-state index is 0.0517. The number of aryl methyl sites for hydroxylation is 1. The molecule has 1 unspecified atom stereocenters. The van der Waals surface area contributed by atoms with Crippen molar-refractivity contribution in [3.8, 4) is 17.2 Å². The summed E-state index contributed by atoms with van der Waals surface area (Å²) in [6.45, 7) is 17.1. The number of hydrogen-bond donors (Lipinski definition) is 2. The Labute approximate surface area is 357 Å². The van der Waals surface area contributed by atoms with E-state index in [2.05, 4.69) is 13.2 Å². The van der Waals surface area contributed by atoms with Crippen molar-refractivity contribution in [2.75, 3.05) is 36.4 Å². The number of carbonyl (C=O) groups is 3. The summed E-state index contributed by atoms with van der Waals surface area (Å²) in [6.07, 6.45) is 3.41. The number of carbonyl (C=O) groups excluding carboxylic acids is 3. The predicted octanol–water partition coefficient (Wildman–Crippen LogP) is 5.63. The van der Waals surface area contributed by atoms with Crippen molar-refractivity contribution < 1.29 is 48.1 Å².